The molecule has 0 aliphatic heterocycles. The van der Waals surface area contributed by atoms with Crippen LogP contribution in [0.4, 0.5) is 5.82 Å². The summed E-state index contributed by atoms with van der Waals surface area (Å²) in [5.41, 5.74) is 6.53. The second-order valence-corrected chi connectivity index (χ2v) is 9.16. The Hall–Kier alpha value is -2.80. The maximum absolute atomic E-state index is 13.2. The van der Waals surface area contributed by atoms with Crippen molar-refractivity contribution in [1.82, 2.24) is 29.5 Å². The van der Waals surface area contributed by atoms with Gasteiger partial charge in [-0.2, -0.15) is 4.73 Å². The van der Waals surface area contributed by atoms with Crippen LogP contribution in [-0.4, -0.2) is 100 Å². The molecule has 0 aliphatic carbocycles. The van der Waals surface area contributed by atoms with Gasteiger partial charge in [0.1, 0.15) is 38.8 Å². The summed E-state index contributed by atoms with van der Waals surface area (Å²) in [6.45, 7) is 8.38. The number of aromatic nitrogens is 4. The molecule has 0 radical (unpaired) electrons. The lowest BCUT2D eigenvalue weighted by Crippen LogP contribution is -2.34. The summed E-state index contributed by atoms with van der Waals surface area (Å²) in [7, 11) is -3.92. The molecule has 2 N–H and O–H groups in total. The SMILES string of the molecule is CCN(CC)C(=O)COP(=O)(COCCOn1cnc2c(N)ncnc21)OCC(=O)N(CC)CC. The fourth-order valence-corrected chi connectivity index (χ4v) is 4.24. The van der Waals surface area contributed by atoms with Gasteiger partial charge in [-0.05, 0) is 27.7 Å². The summed E-state index contributed by atoms with van der Waals surface area (Å²) in [4.78, 5) is 45.2. The zero-order valence-corrected chi connectivity index (χ0v) is 21.5. The van der Waals surface area contributed by atoms with Crippen LogP contribution in [0, 0.1) is 0 Å². The molecule has 14 nitrogen and oxygen atoms in total. The minimum absolute atomic E-state index is 0.00489. The number of ether oxygens (including phenoxy) is 1. The molecule has 0 unspecified atom stereocenters. The van der Waals surface area contributed by atoms with Crippen molar-refractivity contribution in [2.24, 2.45) is 0 Å². The largest absolute Gasteiger partial charge is 0.408 e. The van der Waals surface area contributed by atoms with E-state index in [1.807, 2.05) is 27.7 Å². The highest BCUT2D eigenvalue weighted by atomic mass is 31.2. The fraction of sp³-hybridized carbons (Fsp3) is 0.650. The van der Waals surface area contributed by atoms with E-state index in [0.717, 1.165) is 0 Å². The quantitative estimate of drug-likeness (QED) is 0.248. The van der Waals surface area contributed by atoms with Crippen LogP contribution in [-0.2, 0) is 27.9 Å². The van der Waals surface area contributed by atoms with Crippen LogP contribution in [0.3, 0.4) is 0 Å². The van der Waals surface area contributed by atoms with E-state index in [1.54, 1.807) is 0 Å². The van der Waals surface area contributed by atoms with Crippen LogP contribution >= 0.6 is 7.60 Å². The molecule has 0 bridgehead atoms. The topological polar surface area (TPSA) is 164 Å². The maximum atomic E-state index is 13.2. The highest BCUT2D eigenvalue weighted by molar-refractivity contribution is 7.53. The van der Waals surface area contributed by atoms with Gasteiger partial charge in [-0.3, -0.25) is 23.2 Å². The van der Waals surface area contributed by atoms with Crippen LogP contribution in [0.5, 0.6) is 0 Å². The van der Waals surface area contributed by atoms with Gasteiger partial charge in [-0.25, -0.2) is 15.0 Å². The summed E-state index contributed by atoms with van der Waals surface area (Å²) >= 11 is 0. The van der Waals surface area contributed by atoms with E-state index < -0.39 is 27.2 Å². The van der Waals surface area contributed by atoms with Crippen LogP contribution in [0.25, 0.3) is 11.2 Å². The molecule has 0 fully saturated rings. The first-order chi connectivity index (χ1) is 16.8. The minimum atomic E-state index is -3.92. The molecule has 2 aromatic rings. The number of carbonyl (C=O) groups excluding carboxylic acids is 2. The smallest absolute Gasteiger partial charge is 0.357 e. The van der Waals surface area contributed by atoms with Crippen molar-refractivity contribution < 1.29 is 32.8 Å². The van der Waals surface area contributed by atoms with Crippen molar-refractivity contribution in [1.29, 1.82) is 0 Å². The Bertz CT molecular complexity index is 979. The predicted octanol–water partition coefficient (Wildman–Crippen LogP) is 0.774. The molecule has 0 aliphatic rings. The number of hydrogen-bond acceptors (Lipinski definition) is 11. The molecular weight excluding hydrogens is 481 g/mol. The van der Waals surface area contributed by atoms with Gasteiger partial charge in [0.2, 0.25) is 17.5 Å². The van der Waals surface area contributed by atoms with Crippen molar-refractivity contribution >= 4 is 36.4 Å². The average Bonchev–Trinajstić information content (AvgIpc) is 3.27. The van der Waals surface area contributed by atoms with Crippen molar-refractivity contribution in [3.63, 3.8) is 0 Å². The van der Waals surface area contributed by atoms with Crippen LogP contribution < -0.4 is 10.6 Å². The summed E-state index contributed by atoms with van der Waals surface area (Å²) in [5.74, 6) is -0.460. The number of nitrogen functional groups attached to an aromatic ring is 1. The van der Waals surface area contributed by atoms with Gasteiger partial charge in [0, 0.05) is 26.2 Å². The first-order valence-electron chi connectivity index (χ1n) is 11.4. The molecule has 2 aromatic heterocycles. The second-order valence-electron chi connectivity index (χ2n) is 7.16. The Morgan fingerprint density at radius 2 is 1.51 bits per heavy atom. The molecule has 2 amide bonds. The molecule has 0 spiro atoms. The number of nitrogens with two attached hydrogens (primary N) is 1. The molecule has 15 heteroatoms. The highest BCUT2D eigenvalue weighted by Crippen LogP contribution is 2.48. The van der Waals surface area contributed by atoms with E-state index in [4.69, 9.17) is 24.4 Å². The minimum Gasteiger partial charge on any atom is -0.408 e. The number of hydrogen-bond donors (Lipinski definition) is 1. The van der Waals surface area contributed by atoms with Gasteiger partial charge in [0.15, 0.2) is 11.3 Å². The monoisotopic (exact) mass is 515 g/mol. The van der Waals surface area contributed by atoms with Crippen LogP contribution in [0.2, 0.25) is 0 Å². The summed E-state index contributed by atoms with van der Waals surface area (Å²) < 4.78 is 30.7. The molecule has 0 aromatic carbocycles. The van der Waals surface area contributed by atoms with Crippen LogP contribution in [0.15, 0.2) is 12.7 Å². The standard InChI is InChI=1S/C20H34N7O7P/c1-5-25(6-2)16(28)11-33-35(30,34-12-17(29)26(7-3)8-4)15-31-9-10-32-27-14-24-18-19(21)22-13-23-20(18)27/h13-14H,5-12,15H2,1-4H3,(H2,21,22,23). The van der Waals surface area contributed by atoms with E-state index in [0.29, 0.717) is 37.3 Å². The van der Waals surface area contributed by atoms with Crippen molar-refractivity contribution in [3.05, 3.63) is 12.7 Å². The van der Waals surface area contributed by atoms with Gasteiger partial charge in [-0.15, -0.1) is 0 Å². The zero-order valence-electron chi connectivity index (χ0n) is 20.6. The van der Waals surface area contributed by atoms with Crippen molar-refractivity contribution in [3.8, 4) is 0 Å². The number of imidazole rings is 1. The first-order valence-corrected chi connectivity index (χ1v) is 13.1. The lowest BCUT2D eigenvalue weighted by molar-refractivity contribution is -0.134. The number of rotatable bonds is 16. The second kappa shape index (κ2) is 13.9. The number of nitrogens with zero attached hydrogens (tertiary/aromatic N) is 6. The number of carbonyl (C=O) groups is 2. The molecule has 2 heterocycles. The maximum Gasteiger partial charge on any atom is 0.357 e. The van der Waals surface area contributed by atoms with E-state index in [2.05, 4.69) is 15.0 Å². The molecule has 0 atom stereocenters. The van der Waals surface area contributed by atoms with E-state index in [1.165, 1.54) is 27.2 Å². The molecule has 0 saturated heterocycles. The van der Waals surface area contributed by atoms with Gasteiger partial charge in [0.25, 0.3) is 0 Å². The molecular formula is C20H34N7O7P. The summed E-state index contributed by atoms with van der Waals surface area (Å²) in [6, 6.07) is 0. The Balaban J connectivity index is 1.93. The van der Waals surface area contributed by atoms with Gasteiger partial charge in [0.05, 0.1) is 6.61 Å². The Labute approximate surface area is 204 Å². The third-order valence-corrected chi connectivity index (χ3v) is 6.58. The third kappa shape index (κ3) is 8.13. The van der Waals surface area contributed by atoms with Gasteiger partial charge in [-0.1, -0.05) is 0 Å². The number of fused-ring (bicyclic) bond motifs is 1. The summed E-state index contributed by atoms with van der Waals surface area (Å²) in [6.07, 6.45) is 2.22. The van der Waals surface area contributed by atoms with Crippen LogP contribution in [0.1, 0.15) is 27.7 Å². The molecule has 0 saturated carbocycles. The third-order valence-electron chi connectivity index (χ3n) is 5.04. The van der Waals surface area contributed by atoms with E-state index in [-0.39, 0.29) is 30.8 Å². The van der Waals surface area contributed by atoms with Crippen molar-refractivity contribution in [2.75, 3.05) is 64.7 Å². The van der Waals surface area contributed by atoms with Gasteiger partial charge >= 0.3 is 7.60 Å². The average molecular weight is 516 g/mol. The molecule has 2 rings (SSSR count). The number of amides is 2. The number of likely N-dealkylation sites (N-methyl/N-ethyl adjacent to an activating group) is 2. The number of anilines is 1. The zero-order chi connectivity index (χ0) is 25.8. The fourth-order valence-electron chi connectivity index (χ4n) is 3.05. The summed E-state index contributed by atoms with van der Waals surface area (Å²) in [5, 5.41) is 0. The molecule has 35 heavy (non-hydrogen) atoms. The predicted molar refractivity (Wildman–Crippen MR) is 127 cm³/mol. The Morgan fingerprint density at radius 3 is 2.06 bits per heavy atom. The first kappa shape index (κ1) is 28.4. The normalized spacial score (nSPS) is 11.5. The lowest BCUT2D eigenvalue weighted by Gasteiger charge is -2.23. The van der Waals surface area contributed by atoms with Gasteiger partial charge < -0.3 is 25.1 Å². The Morgan fingerprint density at radius 1 is 0.943 bits per heavy atom. The van der Waals surface area contributed by atoms with E-state index >= 15 is 0 Å². The lowest BCUT2D eigenvalue weighted by atomic mass is 10.5. The highest BCUT2D eigenvalue weighted by Gasteiger charge is 2.29. The Kier molecular flexibility index (Phi) is 11.3. The van der Waals surface area contributed by atoms with E-state index in [9.17, 15) is 14.2 Å². The van der Waals surface area contributed by atoms with Crippen molar-refractivity contribution in [2.45, 2.75) is 27.7 Å². The molecule has 196 valence electrons.